The van der Waals surface area contributed by atoms with E-state index in [1.165, 1.54) is 0 Å². The van der Waals surface area contributed by atoms with E-state index >= 15 is 0 Å². The predicted octanol–water partition coefficient (Wildman–Crippen LogP) is 3.28. The van der Waals surface area contributed by atoms with E-state index in [-0.39, 0.29) is 6.10 Å². The Morgan fingerprint density at radius 1 is 1.15 bits per heavy atom. The largest absolute Gasteiger partial charge is 0.488 e. The topological polar surface area (TPSA) is 54.1 Å². The van der Waals surface area contributed by atoms with Crippen molar-refractivity contribution in [2.75, 3.05) is 6.61 Å². The van der Waals surface area contributed by atoms with E-state index in [2.05, 4.69) is 20.6 Å². The van der Waals surface area contributed by atoms with Crippen molar-refractivity contribution in [1.82, 2.24) is 19.1 Å². The summed E-state index contributed by atoms with van der Waals surface area (Å²) in [5, 5.41) is 0. The third-order valence-corrected chi connectivity index (χ3v) is 4.66. The van der Waals surface area contributed by atoms with Crippen LogP contribution in [0.15, 0.2) is 60.9 Å². The van der Waals surface area contributed by atoms with Gasteiger partial charge in [0, 0.05) is 13.2 Å². The first-order chi connectivity index (χ1) is 12.8. The summed E-state index contributed by atoms with van der Waals surface area (Å²) in [7, 11) is 2.01. The highest BCUT2D eigenvalue weighted by atomic mass is 16.6. The summed E-state index contributed by atoms with van der Waals surface area (Å²) in [4.78, 5) is 9.01. The maximum Gasteiger partial charge on any atom is 0.297 e. The van der Waals surface area contributed by atoms with Crippen LogP contribution in [0.25, 0.3) is 22.4 Å². The molecule has 1 aromatic carbocycles. The average molecular weight is 346 g/mol. The lowest BCUT2D eigenvalue weighted by Crippen LogP contribution is -2.23. The van der Waals surface area contributed by atoms with Gasteiger partial charge in [-0.25, -0.2) is 0 Å². The Hall–Kier alpha value is -3.28. The number of imidazole rings is 1. The number of para-hydroxylation sites is 2. The zero-order valence-electron chi connectivity index (χ0n) is 14.4. The second-order valence-corrected chi connectivity index (χ2v) is 6.43. The van der Waals surface area contributed by atoms with Crippen molar-refractivity contribution in [3.8, 4) is 23.1 Å². The van der Waals surface area contributed by atoms with Crippen LogP contribution in [0.3, 0.4) is 0 Å². The van der Waals surface area contributed by atoms with Gasteiger partial charge in [-0.05, 0) is 36.4 Å². The molecule has 4 aromatic rings. The molecule has 5 rings (SSSR count). The normalized spacial score (nSPS) is 15.8. The van der Waals surface area contributed by atoms with Crippen molar-refractivity contribution in [2.24, 2.45) is 7.05 Å². The molecule has 0 aliphatic carbocycles. The van der Waals surface area contributed by atoms with E-state index in [9.17, 15) is 0 Å². The van der Waals surface area contributed by atoms with Crippen molar-refractivity contribution >= 4 is 11.0 Å². The number of pyridine rings is 1. The van der Waals surface area contributed by atoms with Gasteiger partial charge in [0.2, 0.25) is 0 Å². The molecule has 0 N–H and O–H groups in total. The quantitative estimate of drug-likeness (QED) is 0.569. The molecule has 0 spiro atoms. The first-order valence-electron chi connectivity index (χ1n) is 8.60. The van der Waals surface area contributed by atoms with Gasteiger partial charge in [-0.1, -0.05) is 12.1 Å². The molecule has 6 nitrogen and oxygen atoms in total. The van der Waals surface area contributed by atoms with Gasteiger partial charge < -0.3 is 14.0 Å². The molecular weight excluding hydrogens is 328 g/mol. The Balaban J connectivity index is 1.25. The van der Waals surface area contributed by atoms with E-state index in [4.69, 9.17) is 9.47 Å². The Kier molecular flexibility index (Phi) is 3.41. The lowest BCUT2D eigenvalue weighted by Gasteiger charge is -2.12. The molecule has 1 atom stereocenters. The minimum atomic E-state index is -0.0466. The summed E-state index contributed by atoms with van der Waals surface area (Å²) in [5.41, 5.74) is 4.06. The van der Waals surface area contributed by atoms with Gasteiger partial charge in [0.05, 0.1) is 35.2 Å². The highest BCUT2D eigenvalue weighted by Crippen LogP contribution is 2.28. The van der Waals surface area contributed by atoms with Gasteiger partial charge in [0.1, 0.15) is 12.4 Å². The van der Waals surface area contributed by atoms with Gasteiger partial charge >= 0.3 is 0 Å². The number of nitrogens with zero attached hydrogens (tertiary/aromatic N) is 4. The van der Waals surface area contributed by atoms with Crippen molar-refractivity contribution in [2.45, 2.75) is 12.6 Å². The fourth-order valence-electron chi connectivity index (χ4n) is 3.33. The first kappa shape index (κ1) is 15.0. The van der Waals surface area contributed by atoms with Crippen LogP contribution in [0.5, 0.6) is 11.8 Å². The highest BCUT2D eigenvalue weighted by molar-refractivity contribution is 5.76. The molecule has 0 amide bonds. The molecule has 0 radical (unpaired) electrons. The predicted molar refractivity (Wildman–Crippen MR) is 98.3 cm³/mol. The molecule has 1 aliphatic heterocycles. The molecule has 6 heteroatoms. The van der Waals surface area contributed by atoms with Gasteiger partial charge in [-0.3, -0.25) is 9.55 Å². The van der Waals surface area contributed by atoms with Crippen molar-refractivity contribution < 1.29 is 9.47 Å². The monoisotopic (exact) mass is 346 g/mol. The van der Waals surface area contributed by atoms with Crippen LogP contribution in [0.2, 0.25) is 0 Å². The number of aromatic nitrogens is 4. The lowest BCUT2D eigenvalue weighted by atomic mass is 10.2. The third kappa shape index (κ3) is 2.50. The lowest BCUT2D eigenvalue weighted by molar-refractivity contribution is 0.143. The fourth-order valence-corrected chi connectivity index (χ4v) is 3.33. The zero-order chi connectivity index (χ0) is 17.5. The smallest absolute Gasteiger partial charge is 0.297 e. The van der Waals surface area contributed by atoms with Crippen LogP contribution < -0.4 is 9.47 Å². The molecule has 0 saturated heterocycles. The second kappa shape index (κ2) is 5.91. The molecule has 0 unspecified atom stereocenters. The van der Waals surface area contributed by atoms with Crippen LogP contribution in [0, 0.1) is 0 Å². The number of hydrogen-bond donors (Lipinski definition) is 0. The molecule has 3 aromatic heterocycles. The maximum atomic E-state index is 5.92. The van der Waals surface area contributed by atoms with Crippen molar-refractivity contribution in [3.63, 3.8) is 0 Å². The number of benzene rings is 1. The van der Waals surface area contributed by atoms with E-state index in [1.807, 2.05) is 60.3 Å². The third-order valence-electron chi connectivity index (χ3n) is 4.66. The molecule has 1 aliphatic rings. The summed E-state index contributed by atoms with van der Waals surface area (Å²) in [6.07, 6.45) is 3.71. The van der Waals surface area contributed by atoms with Gasteiger partial charge in [-0.15, -0.1) is 0 Å². The molecule has 0 bridgehead atoms. The van der Waals surface area contributed by atoms with E-state index in [0.717, 1.165) is 34.7 Å². The second-order valence-electron chi connectivity index (χ2n) is 6.43. The first-order valence-corrected chi connectivity index (χ1v) is 8.60. The van der Waals surface area contributed by atoms with Crippen LogP contribution in [0.4, 0.5) is 0 Å². The number of aryl methyl sites for hydroxylation is 1. The summed E-state index contributed by atoms with van der Waals surface area (Å²) < 4.78 is 15.9. The summed E-state index contributed by atoms with van der Waals surface area (Å²) in [6.45, 7) is 1.20. The van der Waals surface area contributed by atoms with Gasteiger partial charge in [-0.2, -0.15) is 4.98 Å². The van der Waals surface area contributed by atoms with Crippen LogP contribution in [0.1, 0.15) is 0 Å². The SMILES string of the molecule is Cn1cccc1-c1ccc(OC[C@@H]2Cn3c(nc4ccccc43)O2)cn1. The highest BCUT2D eigenvalue weighted by Gasteiger charge is 2.26. The number of fused-ring (bicyclic) bond motifs is 3. The van der Waals surface area contributed by atoms with Crippen LogP contribution >= 0.6 is 0 Å². The molecule has 4 heterocycles. The molecule has 0 saturated carbocycles. The Morgan fingerprint density at radius 2 is 2.08 bits per heavy atom. The van der Waals surface area contributed by atoms with Crippen molar-refractivity contribution in [1.29, 1.82) is 0 Å². The zero-order valence-corrected chi connectivity index (χ0v) is 14.4. The molecule has 26 heavy (non-hydrogen) atoms. The molecule has 130 valence electrons. The van der Waals surface area contributed by atoms with Crippen molar-refractivity contribution in [3.05, 3.63) is 60.9 Å². The van der Waals surface area contributed by atoms with E-state index in [1.54, 1.807) is 6.20 Å². The summed E-state index contributed by atoms with van der Waals surface area (Å²) in [5.74, 6) is 0.737. The Bertz CT molecular complexity index is 1070. The van der Waals surface area contributed by atoms with E-state index < -0.39 is 0 Å². The average Bonchev–Trinajstić information content (AvgIpc) is 3.34. The maximum absolute atomic E-state index is 5.92. The minimum Gasteiger partial charge on any atom is -0.488 e. The van der Waals surface area contributed by atoms with Crippen LogP contribution in [-0.2, 0) is 13.6 Å². The number of ether oxygens (including phenoxy) is 2. The van der Waals surface area contributed by atoms with Crippen LogP contribution in [-0.4, -0.2) is 31.8 Å². The van der Waals surface area contributed by atoms with Gasteiger partial charge in [0.15, 0.2) is 6.10 Å². The molecule has 0 fully saturated rings. The number of rotatable bonds is 4. The Labute approximate surface area is 150 Å². The summed E-state index contributed by atoms with van der Waals surface area (Å²) >= 11 is 0. The Morgan fingerprint density at radius 3 is 2.88 bits per heavy atom. The molecular formula is C20H18N4O2. The number of hydrogen-bond acceptors (Lipinski definition) is 4. The van der Waals surface area contributed by atoms with Gasteiger partial charge in [0.25, 0.3) is 6.01 Å². The minimum absolute atomic E-state index is 0.0466. The fraction of sp³-hybridized carbons (Fsp3) is 0.200. The standard InChI is InChI=1S/C20H18N4O2/c1-23-10-4-7-18(23)16-9-8-14(11-21-16)25-13-15-12-24-19-6-3-2-5-17(19)22-20(24)26-15/h2-11,15H,12-13H2,1H3/t15-/m0/s1. The van der Waals surface area contributed by atoms with E-state index in [0.29, 0.717) is 12.6 Å². The summed E-state index contributed by atoms with van der Waals surface area (Å²) in [6, 6.07) is 16.7.